The number of hydrogen-bond donors (Lipinski definition) is 1. The van der Waals surface area contributed by atoms with E-state index in [9.17, 15) is 9.59 Å². The van der Waals surface area contributed by atoms with E-state index in [4.69, 9.17) is 26.8 Å². The summed E-state index contributed by atoms with van der Waals surface area (Å²) in [4.78, 5) is 27.8. The fraction of sp³-hybridized carbons (Fsp3) is 0.346. The minimum atomic E-state index is -0.965. The van der Waals surface area contributed by atoms with Gasteiger partial charge in [0, 0.05) is 13.1 Å². The molecule has 1 saturated carbocycles. The first-order valence-electron chi connectivity index (χ1n) is 11.3. The maximum Gasteiger partial charge on any atom is 0.335 e. The topological polar surface area (TPSA) is 79.3 Å². The second kappa shape index (κ2) is 10.3. The lowest BCUT2D eigenvalue weighted by Crippen LogP contribution is -2.41. The van der Waals surface area contributed by atoms with Crippen molar-refractivity contribution in [2.45, 2.75) is 44.8 Å². The predicted octanol–water partition coefficient (Wildman–Crippen LogP) is 4.70. The van der Waals surface area contributed by atoms with Crippen LogP contribution < -0.4 is 9.47 Å². The third-order valence-corrected chi connectivity index (χ3v) is 6.79. The van der Waals surface area contributed by atoms with Gasteiger partial charge in [-0.1, -0.05) is 37.5 Å². The smallest absolute Gasteiger partial charge is 0.335 e. The quantitative estimate of drug-likeness (QED) is 0.454. The van der Waals surface area contributed by atoms with E-state index >= 15 is 0 Å². The molecule has 8 heteroatoms. The molecule has 2 aromatic rings. The maximum atomic E-state index is 13.2. The number of rotatable bonds is 7. The molecule has 2 aromatic carbocycles. The highest BCUT2D eigenvalue weighted by molar-refractivity contribution is 7.80. The van der Waals surface area contributed by atoms with Gasteiger partial charge in [0.05, 0.1) is 12.7 Å². The van der Waals surface area contributed by atoms with E-state index in [-0.39, 0.29) is 24.1 Å². The number of thiocarbonyl (C=S) groups is 1. The van der Waals surface area contributed by atoms with E-state index in [1.807, 2.05) is 25.3 Å². The number of carbonyl (C=O) groups is 2. The van der Waals surface area contributed by atoms with Gasteiger partial charge in [0.25, 0.3) is 5.91 Å². The molecule has 1 saturated heterocycles. The Balaban J connectivity index is 1.50. The van der Waals surface area contributed by atoms with Gasteiger partial charge in [-0.15, -0.1) is 0 Å². The highest BCUT2D eigenvalue weighted by atomic mass is 32.1. The Morgan fingerprint density at radius 2 is 1.82 bits per heavy atom. The number of carboxylic acid groups (broad SMARTS) is 1. The number of amides is 1. The maximum absolute atomic E-state index is 13.2. The molecule has 0 bridgehead atoms. The molecule has 2 aliphatic rings. The van der Waals surface area contributed by atoms with Gasteiger partial charge in [-0.25, -0.2) is 4.79 Å². The lowest BCUT2D eigenvalue weighted by Gasteiger charge is -2.30. The minimum absolute atomic E-state index is 0.0523. The van der Waals surface area contributed by atoms with Crippen molar-refractivity contribution in [3.63, 3.8) is 0 Å². The summed E-state index contributed by atoms with van der Waals surface area (Å²) in [5.74, 6) is 0.0742. The number of benzene rings is 2. The molecule has 2 fully saturated rings. The Kier molecular flexibility index (Phi) is 7.17. The predicted molar refractivity (Wildman–Crippen MR) is 133 cm³/mol. The lowest BCUT2D eigenvalue weighted by atomic mass is 9.94. The first kappa shape index (κ1) is 23.8. The molecule has 0 atom stereocenters. The zero-order chi connectivity index (χ0) is 24.2. The van der Waals surface area contributed by atoms with Crippen LogP contribution in [0, 0.1) is 0 Å². The van der Waals surface area contributed by atoms with Gasteiger partial charge in [-0.2, -0.15) is 0 Å². The van der Waals surface area contributed by atoms with Crippen molar-refractivity contribution in [1.82, 2.24) is 9.80 Å². The van der Waals surface area contributed by atoms with Crippen LogP contribution in [-0.4, -0.2) is 52.1 Å². The Hall–Kier alpha value is -3.39. The molecule has 4 rings (SSSR count). The fourth-order valence-electron chi connectivity index (χ4n) is 4.39. The largest absolute Gasteiger partial charge is 0.493 e. The van der Waals surface area contributed by atoms with Gasteiger partial charge in [0.1, 0.15) is 12.3 Å². The summed E-state index contributed by atoms with van der Waals surface area (Å²) in [5, 5.41) is 9.58. The normalized spacial score (nSPS) is 18.0. The van der Waals surface area contributed by atoms with E-state index in [0.717, 1.165) is 36.8 Å². The van der Waals surface area contributed by atoms with Gasteiger partial charge in [-0.3, -0.25) is 9.69 Å². The lowest BCUT2D eigenvalue weighted by molar-refractivity contribution is -0.124. The molecule has 1 N–H and O–H groups in total. The molecular formula is C26H28N2O5S. The average Bonchev–Trinajstić information content (AvgIpc) is 3.06. The van der Waals surface area contributed by atoms with Crippen LogP contribution in [0.15, 0.2) is 48.2 Å². The summed E-state index contributed by atoms with van der Waals surface area (Å²) in [6.07, 6.45) is 7.28. The van der Waals surface area contributed by atoms with E-state index in [2.05, 4.69) is 0 Å². The zero-order valence-electron chi connectivity index (χ0n) is 19.3. The zero-order valence-corrected chi connectivity index (χ0v) is 20.1. The van der Waals surface area contributed by atoms with Crippen molar-refractivity contribution in [2.24, 2.45) is 0 Å². The molecule has 34 heavy (non-hydrogen) atoms. The van der Waals surface area contributed by atoms with Crippen molar-refractivity contribution in [3.05, 3.63) is 64.9 Å². The molecule has 0 aromatic heterocycles. The number of carboxylic acids is 1. The number of likely N-dealkylation sites (N-methyl/N-ethyl adjacent to an activating group) is 1. The number of aromatic carboxylic acids is 1. The molecule has 0 unspecified atom stereocenters. The van der Waals surface area contributed by atoms with Gasteiger partial charge in [0.2, 0.25) is 0 Å². The van der Waals surface area contributed by atoms with Crippen LogP contribution in [0.4, 0.5) is 0 Å². The van der Waals surface area contributed by atoms with Crippen molar-refractivity contribution in [1.29, 1.82) is 0 Å². The Morgan fingerprint density at radius 1 is 1.12 bits per heavy atom. The Labute approximate surface area is 204 Å². The van der Waals surface area contributed by atoms with Crippen molar-refractivity contribution >= 4 is 35.3 Å². The number of nitrogens with zero attached hydrogens (tertiary/aromatic N) is 2. The van der Waals surface area contributed by atoms with E-state index < -0.39 is 5.97 Å². The molecule has 0 spiro atoms. The summed E-state index contributed by atoms with van der Waals surface area (Å²) in [7, 11) is 3.40. The minimum Gasteiger partial charge on any atom is -0.493 e. The highest BCUT2D eigenvalue weighted by Gasteiger charge is 2.40. The molecule has 1 amide bonds. The Bertz CT molecular complexity index is 1120. The van der Waals surface area contributed by atoms with Crippen LogP contribution in [0.3, 0.4) is 0 Å². The van der Waals surface area contributed by atoms with E-state index in [1.165, 1.54) is 6.42 Å². The SMILES string of the molecule is COc1cc(/C=C2/C(=O)N(C3CCCCC3)C(=S)N2C)ccc1OCc1ccc(C(=O)O)cc1. The average molecular weight is 481 g/mol. The molecule has 178 valence electrons. The molecular weight excluding hydrogens is 452 g/mol. The Morgan fingerprint density at radius 3 is 2.47 bits per heavy atom. The number of ether oxygens (including phenoxy) is 2. The van der Waals surface area contributed by atoms with Crippen molar-refractivity contribution < 1.29 is 24.2 Å². The molecule has 1 aliphatic carbocycles. The van der Waals surface area contributed by atoms with Crippen molar-refractivity contribution in [2.75, 3.05) is 14.2 Å². The van der Waals surface area contributed by atoms with Gasteiger partial charge in [0.15, 0.2) is 16.6 Å². The van der Waals surface area contributed by atoms with Crippen LogP contribution in [0.5, 0.6) is 11.5 Å². The van der Waals surface area contributed by atoms with Crippen LogP contribution >= 0.6 is 12.2 Å². The second-order valence-electron chi connectivity index (χ2n) is 8.54. The fourth-order valence-corrected chi connectivity index (χ4v) is 4.72. The second-order valence-corrected chi connectivity index (χ2v) is 8.90. The summed E-state index contributed by atoms with van der Waals surface area (Å²) in [5.41, 5.74) is 2.42. The molecule has 1 heterocycles. The molecule has 1 aliphatic heterocycles. The first-order valence-corrected chi connectivity index (χ1v) is 11.8. The third-order valence-electron chi connectivity index (χ3n) is 6.32. The van der Waals surface area contributed by atoms with Gasteiger partial charge < -0.3 is 19.5 Å². The number of hydrogen-bond acceptors (Lipinski definition) is 5. The number of carbonyl (C=O) groups excluding carboxylic acids is 1. The van der Waals surface area contributed by atoms with Crippen molar-refractivity contribution in [3.8, 4) is 11.5 Å². The molecule has 7 nitrogen and oxygen atoms in total. The molecule has 0 radical (unpaired) electrons. The number of methoxy groups -OCH3 is 1. The monoisotopic (exact) mass is 480 g/mol. The van der Waals surface area contributed by atoms with E-state index in [0.29, 0.717) is 22.3 Å². The van der Waals surface area contributed by atoms with Gasteiger partial charge >= 0.3 is 5.97 Å². The summed E-state index contributed by atoms with van der Waals surface area (Å²) in [6, 6.07) is 12.2. The highest BCUT2D eigenvalue weighted by Crippen LogP contribution is 2.33. The van der Waals surface area contributed by atoms with Crippen LogP contribution in [-0.2, 0) is 11.4 Å². The van der Waals surface area contributed by atoms with Gasteiger partial charge in [-0.05, 0) is 66.5 Å². The summed E-state index contributed by atoms with van der Waals surface area (Å²) >= 11 is 5.60. The van der Waals surface area contributed by atoms with Crippen LogP contribution in [0.25, 0.3) is 6.08 Å². The van der Waals surface area contributed by atoms with Crippen LogP contribution in [0.1, 0.15) is 53.6 Å². The standard InChI is InChI=1S/C26H28N2O5S/c1-27-21(24(29)28(26(27)34)20-6-4-3-5-7-20)14-18-10-13-22(23(15-18)32-2)33-16-17-8-11-19(12-9-17)25(30)31/h8-15,20H,3-7,16H2,1-2H3,(H,30,31)/b21-14-. The van der Waals surface area contributed by atoms with Crippen LogP contribution in [0.2, 0.25) is 0 Å². The summed E-state index contributed by atoms with van der Waals surface area (Å²) in [6.45, 7) is 0.266. The first-order chi connectivity index (χ1) is 16.4. The van der Waals surface area contributed by atoms with E-state index in [1.54, 1.807) is 47.2 Å². The summed E-state index contributed by atoms with van der Waals surface area (Å²) < 4.78 is 11.4. The third kappa shape index (κ3) is 4.92.